The molecular weight excluding hydrogens is 779 g/mol. The van der Waals surface area contributed by atoms with Crippen molar-refractivity contribution in [2.75, 3.05) is 17.7 Å². The lowest BCUT2D eigenvalue weighted by Crippen LogP contribution is -2.35. The lowest BCUT2D eigenvalue weighted by atomic mass is 10.0. The molecule has 2 heterocycles. The second kappa shape index (κ2) is 14.7. The molecule has 0 aliphatic rings. The highest BCUT2D eigenvalue weighted by atomic mass is 35.5. The summed E-state index contributed by atoms with van der Waals surface area (Å²) in [5.74, 6) is -2.72. The van der Waals surface area contributed by atoms with Gasteiger partial charge in [0, 0.05) is 19.5 Å². The Morgan fingerprint density at radius 1 is 1.00 bits per heavy atom. The number of nitrogens with zero attached hydrogens (tertiary/aromatic N) is 5. The smallest absolute Gasteiger partial charge is 0.497 e. The van der Waals surface area contributed by atoms with E-state index >= 15 is 0 Å². The molecular formula is C35H28ClF5N6O7S. The second-order valence-corrected chi connectivity index (χ2v) is 14.5. The summed E-state index contributed by atoms with van der Waals surface area (Å²) in [5.41, 5.74) is -0.825. The molecule has 0 bridgehead atoms. The average Bonchev–Trinajstić information content (AvgIpc) is 3.43. The Kier molecular flexibility index (Phi) is 10.4. The van der Waals surface area contributed by atoms with E-state index in [1.165, 1.54) is 31.0 Å². The predicted octanol–water partition coefficient (Wildman–Crippen LogP) is 6.63. The molecule has 0 saturated heterocycles. The van der Waals surface area contributed by atoms with Crippen LogP contribution in [-0.4, -0.2) is 58.7 Å². The predicted molar refractivity (Wildman–Crippen MR) is 191 cm³/mol. The first-order valence-electron chi connectivity index (χ1n) is 15.9. The number of benzene rings is 4. The van der Waals surface area contributed by atoms with Crippen LogP contribution in [0.1, 0.15) is 23.0 Å². The topological polar surface area (TPSA) is 158 Å². The van der Waals surface area contributed by atoms with Gasteiger partial charge in [0.25, 0.3) is 5.56 Å². The molecule has 13 nitrogen and oxygen atoms in total. The molecule has 2 aromatic heterocycles. The third-order valence-electron chi connectivity index (χ3n) is 8.33. The molecule has 1 atom stereocenters. The van der Waals surface area contributed by atoms with Crippen LogP contribution >= 0.6 is 11.6 Å². The van der Waals surface area contributed by atoms with Crippen LogP contribution < -0.4 is 24.7 Å². The number of carbonyl (C=O) groups is 1. The van der Waals surface area contributed by atoms with Crippen LogP contribution in [0.15, 0.2) is 77.6 Å². The molecule has 0 radical (unpaired) electrons. The van der Waals surface area contributed by atoms with E-state index in [1.807, 2.05) is 0 Å². The van der Waals surface area contributed by atoms with Gasteiger partial charge in [-0.2, -0.15) is 5.10 Å². The van der Waals surface area contributed by atoms with Crippen molar-refractivity contribution in [2.45, 2.75) is 25.4 Å². The summed E-state index contributed by atoms with van der Waals surface area (Å²) in [6.45, 7) is -0.227. The average molecular weight is 807 g/mol. The van der Waals surface area contributed by atoms with Gasteiger partial charge < -0.3 is 19.9 Å². The zero-order valence-corrected chi connectivity index (χ0v) is 30.3. The number of hydrogen-bond acceptors (Lipinski definition) is 8. The number of aryl methyl sites for hydroxylation is 1. The molecule has 4 aromatic carbocycles. The molecule has 0 saturated carbocycles. The quantitative estimate of drug-likeness (QED) is 0.137. The fourth-order valence-electron chi connectivity index (χ4n) is 6.10. The van der Waals surface area contributed by atoms with Crippen molar-refractivity contribution in [1.29, 1.82) is 0 Å². The molecule has 6 aromatic rings. The molecule has 0 unspecified atom stereocenters. The largest absolute Gasteiger partial charge is 0.573 e. The van der Waals surface area contributed by atoms with Gasteiger partial charge in [0.2, 0.25) is 10.0 Å². The molecule has 288 valence electrons. The van der Waals surface area contributed by atoms with Crippen LogP contribution in [0, 0.1) is 11.6 Å². The molecule has 1 amide bonds. The van der Waals surface area contributed by atoms with E-state index in [2.05, 4.69) is 20.1 Å². The number of fused-ring (bicyclic) bond motifs is 2. The van der Waals surface area contributed by atoms with Crippen molar-refractivity contribution in [3.63, 3.8) is 0 Å². The summed E-state index contributed by atoms with van der Waals surface area (Å²) >= 11 is 6.72. The second-order valence-electron chi connectivity index (χ2n) is 12.2. The molecule has 0 aliphatic carbocycles. The summed E-state index contributed by atoms with van der Waals surface area (Å²) in [6, 6.07) is 12.9. The van der Waals surface area contributed by atoms with Crippen LogP contribution in [0.2, 0.25) is 5.02 Å². The summed E-state index contributed by atoms with van der Waals surface area (Å²) in [5, 5.41) is 16.1. The number of rotatable bonds is 11. The molecule has 0 aliphatic heterocycles. The van der Waals surface area contributed by atoms with E-state index in [1.54, 1.807) is 24.3 Å². The zero-order chi connectivity index (χ0) is 40.0. The van der Waals surface area contributed by atoms with Crippen molar-refractivity contribution in [3.8, 4) is 17.2 Å². The molecule has 0 fully saturated rings. The number of methoxy groups -OCH3 is 1. The van der Waals surface area contributed by atoms with Gasteiger partial charge in [0.15, 0.2) is 5.82 Å². The maximum atomic E-state index is 14.6. The van der Waals surface area contributed by atoms with Gasteiger partial charge in [0.1, 0.15) is 29.0 Å². The van der Waals surface area contributed by atoms with Crippen LogP contribution in [0.25, 0.3) is 27.5 Å². The first kappa shape index (κ1) is 38.8. The Morgan fingerprint density at radius 2 is 1.65 bits per heavy atom. The summed E-state index contributed by atoms with van der Waals surface area (Å²) in [6.07, 6.45) is -6.27. The van der Waals surface area contributed by atoms with Gasteiger partial charge >= 0.3 is 12.5 Å². The Bertz CT molecular complexity index is 2620. The monoisotopic (exact) mass is 806 g/mol. The van der Waals surface area contributed by atoms with Crippen LogP contribution in [0.4, 0.5) is 32.6 Å². The highest BCUT2D eigenvalue weighted by Gasteiger charge is 2.33. The normalized spacial score (nSPS) is 12.5. The minimum atomic E-state index is -5.12. The molecule has 20 heteroatoms. The SMILES string of the molecule is COc1ccc(CN(c2nn(C)c3c(-n4c([C@H](Cc5cc(F)cc(F)c5)NC(=O)O)nc5ccc(OC(F)(F)F)cc5c4=O)ccc(Cl)c23)S(C)(=O)=O)cc1. The molecule has 2 N–H and O–H groups in total. The Morgan fingerprint density at radius 3 is 2.25 bits per heavy atom. The van der Waals surface area contributed by atoms with E-state index in [9.17, 15) is 45.1 Å². The lowest BCUT2D eigenvalue weighted by molar-refractivity contribution is -0.274. The number of ether oxygens (including phenoxy) is 2. The zero-order valence-electron chi connectivity index (χ0n) is 28.7. The molecule has 6 rings (SSSR count). The number of aromatic nitrogens is 4. The molecule has 55 heavy (non-hydrogen) atoms. The van der Waals surface area contributed by atoms with Crippen molar-refractivity contribution in [3.05, 3.63) is 117 Å². The summed E-state index contributed by atoms with van der Waals surface area (Å²) in [7, 11) is -1.21. The first-order valence-corrected chi connectivity index (χ1v) is 18.1. The fourth-order valence-corrected chi connectivity index (χ4v) is 7.17. The van der Waals surface area contributed by atoms with Gasteiger partial charge in [-0.1, -0.05) is 23.7 Å². The van der Waals surface area contributed by atoms with E-state index in [4.69, 9.17) is 16.3 Å². The van der Waals surface area contributed by atoms with E-state index < -0.39 is 63.3 Å². The standard InChI is InChI=1S/C35H28ClF5N6O7S/c1-45-30-28(11-9-25(36)29(30)32(44-45)46(55(3,51)52)17-18-4-6-22(53-2)7-5-18)47-31(27(43-34(49)50)14-19-12-20(37)15-21(38)13-19)42-26-10-8-23(54-35(39,40)41)16-24(26)33(47)48/h4-13,15-16,27,43H,14,17H2,1-3H3,(H,49,50)/t27-/m0/s1. The maximum absolute atomic E-state index is 14.6. The van der Waals surface area contributed by atoms with Gasteiger partial charge in [-0.25, -0.2) is 31.3 Å². The van der Waals surface area contributed by atoms with Gasteiger partial charge in [-0.15, -0.1) is 13.2 Å². The number of carboxylic acid groups (broad SMARTS) is 1. The van der Waals surface area contributed by atoms with Crippen molar-refractivity contribution in [1.82, 2.24) is 24.6 Å². The number of sulfonamides is 1. The number of amides is 1. The minimum Gasteiger partial charge on any atom is -0.497 e. The lowest BCUT2D eigenvalue weighted by Gasteiger charge is -2.23. The van der Waals surface area contributed by atoms with E-state index in [-0.39, 0.29) is 50.9 Å². The van der Waals surface area contributed by atoms with Gasteiger partial charge in [-0.05, 0) is 65.7 Å². The van der Waals surface area contributed by atoms with Crippen molar-refractivity contribution >= 4 is 55.3 Å². The number of nitrogens with one attached hydrogen (secondary N) is 1. The van der Waals surface area contributed by atoms with Crippen LogP contribution in [0.3, 0.4) is 0 Å². The number of halogens is 6. The maximum Gasteiger partial charge on any atom is 0.573 e. The Balaban J connectivity index is 1.65. The molecule has 0 spiro atoms. The van der Waals surface area contributed by atoms with Gasteiger partial charge in [-0.3, -0.25) is 14.0 Å². The number of anilines is 1. The number of hydrogen-bond donors (Lipinski definition) is 2. The minimum absolute atomic E-state index is 0.0163. The van der Waals surface area contributed by atoms with E-state index in [0.29, 0.717) is 17.4 Å². The summed E-state index contributed by atoms with van der Waals surface area (Å²) in [4.78, 5) is 31.2. The van der Waals surface area contributed by atoms with Crippen molar-refractivity contribution in [2.24, 2.45) is 7.05 Å². The summed E-state index contributed by atoms with van der Waals surface area (Å²) < 4.78 is 107. The van der Waals surface area contributed by atoms with E-state index in [0.717, 1.165) is 45.5 Å². The third-order valence-corrected chi connectivity index (χ3v) is 9.75. The third kappa shape index (κ3) is 8.26. The highest BCUT2D eigenvalue weighted by molar-refractivity contribution is 7.92. The number of alkyl halides is 3. The van der Waals surface area contributed by atoms with Crippen LogP contribution in [-0.2, 0) is 30.0 Å². The highest BCUT2D eigenvalue weighted by Crippen LogP contribution is 2.38. The first-order chi connectivity index (χ1) is 25.8. The Hall–Kier alpha value is -5.95. The van der Waals surface area contributed by atoms with Crippen LogP contribution in [0.5, 0.6) is 11.5 Å². The van der Waals surface area contributed by atoms with Gasteiger partial charge in [0.05, 0.1) is 58.5 Å². The fraction of sp³-hybridized carbons (Fsp3) is 0.200. The Labute approximate surface area is 313 Å². The van der Waals surface area contributed by atoms with Crippen molar-refractivity contribution < 1.29 is 49.7 Å².